The van der Waals surface area contributed by atoms with E-state index >= 15 is 0 Å². The Morgan fingerprint density at radius 1 is 1.23 bits per heavy atom. The van der Waals surface area contributed by atoms with Crippen molar-refractivity contribution in [3.05, 3.63) is 29.3 Å². The molecule has 0 radical (unpaired) electrons. The van der Waals surface area contributed by atoms with Crippen molar-refractivity contribution in [3.63, 3.8) is 0 Å². The fraction of sp³-hybridized carbons (Fsp3) is 0.652. The maximum Gasteiger partial charge on any atom is 0.230 e. The Balaban J connectivity index is 0.00000320. The van der Waals surface area contributed by atoms with E-state index in [1.165, 1.54) is 18.4 Å². The first kappa shape index (κ1) is 24.8. The van der Waals surface area contributed by atoms with E-state index in [9.17, 15) is 4.79 Å². The minimum Gasteiger partial charge on any atom is -0.493 e. The predicted molar refractivity (Wildman–Crippen MR) is 133 cm³/mol. The van der Waals surface area contributed by atoms with Gasteiger partial charge in [-0.05, 0) is 50.2 Å². The van der Waals surface area contributed by atoms with Gasteiger partial charge in [-0.25, -0.2) is 0 Å². The summed E-state index contributed by atoms with van der Waals surface area (Å²) in [6, 6.07) is 6.34. The maximum absolute atomic E-state index is 12.8. The van der Waals surface area contributed by atoms with Crippen molar-refractivity contribution in [1.29, 1.82) is 0 Å². The van der Waals surface area contributed by atoms with Crippen LogP contribution in [-0.4, -0.2) is 51.1 Å². The summed E-state index contributed by atoms with van der Waals surface area (Å²) in [4.78, 5) is 18.8. The molecule has 2 fully saturated rings. The molecule has 0 saturated heterocycles. The van der Waals surface area contributed by atoms with Crippen molar-refractivity contribution in [2.45, 2.75) is 52.0 Å². The van der Waals surface area contributed by atoms with Gasteiger partial charge < -0.3 is 20.3 Å². The molecule has 6 nitrogen and oxygen atoms in total. The van der Waals surface area contributed by atoms with E-state index in [0.717, 1.165) is 55.5 Å². The Hall–Kier alpha value is -1.51. The van der Waals surface area contributed by atoms with Crippen LogP contribution in [0.1, 0.15) is 49.7 Å². The molecule has 0 heterocycles. The van der Waals surface area contributed by atoms with Gasteiger partial charge in [-0.15, -0.1) is 24.0 Å². The summed E-state index contributed by atoms with van der Waals surface area (Å²) in [5.74, 6) is 2.61. The molecule has 0 atom stereocenters. The van der Waals surface area contributed by atoms with Gasteiger partial charge in [0.2, 0.25) is 5.91 Å². The van der Waals surface area contributed by atoms with Crippen LogP contribution in [0.15, 0.2) is 23.2 Å². The third-order valence-corrected chi connectivity index (χ3v) is 6.08. The number of nitrogens with one attached hydrogen (secondary N) is 2. The lowest BCUT2D eigenvalue weighted by atomic mass is 9.84. The Morgan fingerprint density at radius 3 is 2.53 bits per heavy atom. The molecule has 30 heavy (non-hydrogen) atoms. The largest absolute Gasteiger partial charge is 0.493 e. The minimum absolute atomic E-state index is 0. The number of hydrogen-bond donors (Lipinski definition) is 2. The molecule has 168 valence electrons. The quantitative estimate of drug-likeness (QED) is 0.307. The van der Waals surface area contributed by atoms with Gasteiger partial charge in [0.1, 0.15) is 5.75 Å². The van der Waals surface area contributed by atoms with Crippen molar-refractivity contribution in [2.24, 2.45) is 16.3 Å². The number of rotatable bonds is 8. The SMILES string of the molecule is CN=C(NCc1ccc(C)cc1OCC1CC1)NCC1(C(=O)N(C)C)CCCC1.I. The summed E-state index contributed by atoms with van der Waals surface area (Å²) in [5, 5.41) is 6.79. The number of aryl methyl sites for hydroxylation is 1. The highest BCUT2D eigenvalue weighted by Gasteiger charge is 2.42. The summed E-state index contributed by atoms with van der Waals surface area (Å²) in [6.07, 6.45) is 6.65. The van der Waals surface area contributed by atoms with E-state index in [1.807, 2.05) is 14.1 Å². The van der Waals surface area contributed by atoms with Gasteiger partial charge in [0.25, 0.3) is 0 Å². The van der Waals surface area contributed by atoms with Gasteiger partial charge in [-0.3, -0.25) is 9.79 Å². The highest BCUT2D eigenvalue weighted by atomic mass is 127. The van der Waals surface area contributed by atoms with Crippen LogP contribution in [0.4, 0.5) is 0 Å². The maximum atomic E-state index is 12.8. The molecule has 2 saturated carbocycles. The number of hydrogen-bond acceptors (Lipinski definition) is 3. The lowest BCUT2D eigenvalue weighted by Gasteiger charge is -2.31. The van der Waals surface area contributed by atoms with Crippen LogP contribution in [-0.2, 0) is 11.3 Å². The molecule has 0 aliphatic heterocycles. The predicted octanol–water partition coefficient (Wildman–Crippen LogP) is 3.72. The lowest BCUT2D eigenvalue weighted by molar-refractivity contribution is -0.138. The molecule has 2 aliphatic rings. The van der Waals surface area contributed by atoms with Crippen LogP contribution in [0.5, 0.6) is 5.75 Å². The molecular formula is C23H37IN4O2. The molecule has 2 aliphatic carbocycles. The number of guanidine groups is 1. The van der Waals surface area contributed by atoms with Gasteiger partial charge in [-0.1, -0.05) is 25.0 Å². The number of ether oxygens (including phenoxy) is 1. The second-order valence-corrected chi connectivity index (χ2v) is 8.83. The van der Waals surface area contributed by atoms with Crippen LogP contribution < -0.4 is 15.4 Å². The van der Waals surface area contributed by atoms with E-state index < -0.39 is 0 Å². The topological polar surface area (TPSA) is 66.0 Å². The minimum atomic E-state index is -0.316. The molecule has 0 unspecified atom stereocenters. The summed E-state index contributed by atoms with van der Waals surface area (Å²) in [7, 11) is 5.45. The van der Waals surface area contributed by atoms with Crippen LogP contribution in [0, 0.1) is 18.3 Å². The van der Waals surface area contributed by atoms with Crippen molar-refractivity contribution in [3.8, 4) is 5.75 Å². The molecule has 1 amide bonds. The molecule has 7 heteroatoms. The van der Waals surface area contributed by atoms with Crippen LogP contribution in [0.3, 0.4) is 0 Å². The number of carbonyl (C=O) groups is 1. The van der Waals surface area contributed by atoms with Crippen LogP contribution in [0.25, 0.3) is 0 Å². The Kier molecular flexibility index (Phi) is 9.25. The van der Waals surface area contributed by atoms with Crippen molar-refractivity contribution >= 4 is 35.8 Å². The highest BCUT2D eigenvalue weighted by Crippen LogP contribution is 2.39. The lowest BCUT2D eigenvalue weighted by Crippen LogP contribution is -2.49. The number of benzene rings is 1. The average Bonchev–Trinajstić information content (AvgIpc) is 3.42. The Bertz CT molecular complexity index is 741. The van der Waals surface area contributed by atoms with E-state index in [0.29, 0.717) is 13.1 Å². The van der Waals surface area contributed by atoms with Gasteiger partial charge in [-0.2, -0.15) is 0 Å². The third-order valence-electron chi connectivity index (χ3n) is 6.08. The third kappa shape index (κ3) is 6.49. The van der Waals surface area contributed by atoms with E-state index in [-0.39, 0.29) is 35.3 Å². The second kappa shape index (κ2) is 11.2. The van der Waals surface area contributed by atoms with Crippen molar-refractivity contribution in [1.82, 2.24) is 15.5 Å². The molecule has 0 bridgehead atoms. The van der Waals surface area contributed by atoms with Crippen molar-refractivity contribution in [2.75, 3.05) is 34.3 Å². The van der Waals surface area contributed by atoms with Gasteiger partial charge >= 0.3 is 0 Å². The number of aliphatic imine (C=N–C) groups is 1. The number of nitrogens with zero attached hydrogens (tertiary/aromatic N) is 2. The van der Waals surface area contributed by atoms with Gasteiger partial charge in [0.05, 0.1) is 12.0 Å². The summed E-state index contributed by atoms with van der Waals surface area (Å²) in [5.41, 5.74) is 2.01. The Labute approximate surface area is 198 Å². The van der Waals surface area contributed by atoms with E-state index in [1.54, 1.807) is 11.9 Å². The standard InChI is InChI=1S/C23H36N4O2.HI/c1-17-7-10-19(20(13-17)29-15-18-8-9-18)14-25-22(24-2)26-16-23(11-5-6-12-23)21(28)27(3)4;/h7,10,13,18H,5-6,8-9,11-12,14-16H2,1-4H3,(H2,24,25,26);1H. The fourth-order valence-electron chi connectivity index (χ4n) is 4.08. The van der Waals surface area contributed by atoms with Crippen LogP contribution in [0.2, 0.25) is 0 Å². The van der Waals surface area contributed by atoms with Gasteiger partial charge in [0, 0.05) is 39.8 Å². The van der Waals surface area contributed by atoms with Crippen molar-refractivity contribution < 1.29 is 9.53 Å². The fourth-order valence-corrected chi connectivity index (χ4v) is 4.08. The molecule has 1 aromatic rings. The highest BCUT2D eigenvalue weighted by molar-refractivity contribution is 14.0. The molecule has 2 N–H and O–H groups in total. The second-order valence-electron chi connectivity index (χ2n) is 8.83. The smallest absolute Gasteiger partial charge is 0.230 e. The van der Waals surface area contributed by atoms with E-state index in [2.05, 4.69) is 40.7 Å². The first-order valence-corrected chi connectivity index (χ1v) is 10.8. The number of amides is 1. The van der Waals surface area contributed by atoms with Crippen LogP contribution >= 0.6 is 24.0 Å². The van der Waals surface area contributed by atoms with Gasteiger partial charge in [0.15, 0.2) is 5.96 Å². The summed E-state index contributed by atoms with van der Waals surface area (Å²) >= 11 is 0. The first-order valence-electron chi connectivity index (χ1n) is 10.8. The molecule has 0 spiro atoms. The summed E-state index contributed by atoms with van der Waals surface area (Å²) in [6.45, 7) is 4.14. The normalized spacial score (nSPS) is 17.8. The Morgan fingerprint density at radius 2 is 1.93 bits per heavy atom. The molecule has 3 rings (SSSR count). The monoisotopic (exact) mass is 528 g/mol. The average molecular weight is 528 g/mol. The number of halogens is 1. The number of carbonyl (C=O) groups excluding carboxylic acids is 1. The molecule has 1 aromatic carbocycles. The molecule has 0 aromatic heterocycles. The zero-order chi connectivity index (χ0) is 20.9. The summed E-state index contributed by atoms with van der Waals surface area (Å²) < 4.78 is 6.07. The zero-order valence-electron chi connectivity index (χ0n) is 18.8. The molecular weight excluding hydrogens is 491 g/mol. The zero-order valence-corrected chi connectivity index (χ0v) is 21.1. The van der Waals surface area contributed by atoms with E-state index in [4.69, 9.17) is 4.74 Å². The first-order chi connectivity index (χ1) is 13.9.